The molecule has 0 aromatic rings. The fourth-order valence-corrected chi connectivity index (χ4v) is 8.36. The summed E-state index contributed by atoms with van der Waals surface area (Å²) in [4.78, 5) is 0. The van der Waals surface area contributed by atoms with Crippen molar-refractivity contribution in [1.82, 2.24) is 0 Å². The van der Waals surface area contributed by atoms with Gasteiger partial charge in [-0.2, -0.15) is 0 Å². The molecule has 3 aliphatic carbocycles. The van der Waals surface area contributed by atoms with E-state index in [-0.39, 0.29) is 0 Å². The molecule has 7 unspecified atom stereocenters. The van der Waals surface area contributed by atoms with Crippen LogP contribution in [0.3, 0.4) is 0 Å². The first kappa shape index (κ1) is 24.4. The number of hydrogen-bond acceptors (Lipinski definition) is 0. The van der Waals surface area contributed by atoms with Gasteiger partial charge in [0.25, 0.3) is 0 Å². The Morgan fingerprint density at radius 2 is 1.77 bits per heavy atom. The average molecular weight is 415 g/mol. The van der Waals surface area contributed by atoms with Crippen molar-refractivity contribution in [2.75, 3.05) is 0 Å². The second-order valence-electron chi connectivity index (χ2n) is 13.3. The standard InChI is InChI=1S/C30H54/c1-9-24-20-30(8)18-17-22(4)19-25(30)13-14-26(24)28-16-15-27(29(28,6)7)23(5)12-10-11-21(2)3/h13,21-24,26-28H,9-12,14-20H2,1-8H3. The molecule has 0 heteroatoms. The van der Waals surface area contributed by atoms with Gasteiger partial charge in [0.05, 0.1) is 0 Å². The third kappa shape index (κ3) is 5.04. The zero-order valence-corrected chi connectivity index (χ0v) is 21.9. The molecule has 0 heterocycles. The third-order valence-electron chi connectivity index (χ3n) is 10.4. The number of hydrogen-bond donors (Lipinski definition) is 0. The van der Waals surface area contributed by atoms with Gasteiger partial charge >= 0.3 is 0 Å². The Labute approximate surface area is 190 Å². The molecule has 0 spiro atoms. The van der Waals surface area contributed by atoms with Crippen LogP contribution >= 0.6 is 0 Å². The lowest BCUT2D eigenvalue weighted by molar-refractivity contribution is 0.0575. The van der Waals surface area contributed by atoms with E-state index in [1.54, 1.807) is 0 Å². The predicted octanol–water partition coefficient (Wildman–Crippen LogP) is 9.69. The van der Waals surface area contributed by atoms with Gasteiger partial charge in [-0.3, -0.25) is 0 Å². The minimum Gasteiger partial charge on any atom is -0.0845 e. The van der Waals surface area contributed by atoms with Crippen LogP contribution in [0.4, 0.5) is 0 Å². The highest BCUT2D eigenvalue weighted by Gasteiger charge is 2.50. The molecule has 0 bridgehead atoms. The molecule has 0 aromatic heterocycles. The van der Waals surface area contributed by atoms with Crippen LogP contribution in [-0.2, 0) is 0 Å². The van der Waals surface area contributed by atoms with Crippen molar-refractivity contribution < 1.29 is 0 Å². The Bertz CT molecular complexity index is 581. The van der Waals surface area contributed by atoms with Gasteiger partial charge in [-0.1, -0.05) is 92.7 Å². The molecule has 0 aliphatic heterocycles. The second-order valence-corrected chi connectivity index (χ2v) is 13.3. The molecule has 0 amide bonds. The molecule has 0 aromatic carbocycles. The Hall–Kier alpha value is -0.260. The smallest absolute Gasteiger partial charge is 0.0113 e. The molecule has 3 aliphatic rings. The first-order valence-electron chi connectivity index (χ1n) is 13.8. The topological polar surface area (TPSA) is 0 Å². The van der Waals surface area contributed by atoms with Crippen LogP contribution < -0.4 is 0 Å². The fourth-order valence-electron chi connectivity index (χ4n) is 8.36. The average Bonchev–Trinajstić information content (AvgIpc) is 2.89. The van der Waals surface area contributed by atoms with Crippen LogP contribution in [0.25, 0.3) is 0 Å². The molecule has 0 radical (unpaired) electrons. The minimum absolute atomic E-state index is 0.508. The van der Waals surface area contributed by atoms with Crippen LogP contribution in [0.1, 0.15) is 126 Å². The Balaban J connectivity index is 1.74. The van der Waals surface area contributed by atoms with Crippen molar-refractivity contribution in [2.45, 2.75) is 126 Å². The van der Waals surface area contributed by atoms with E-state index in [0.29, 0.717) is 10.8 Å². The van der Waals surface area contributed by atoms with E-state index in [2.05, 4.69) is 61.5 Å². The third-order valence-corrected chi connectivity index (χ3v) is 10.4. The second kappa shape index (κ2) is 9.70. The lowest BCUT2D eigenvalue weighted by Crippen LogP contribution is -2.37. The highest BCUT2D eigenvalue weighted by atomic mass is 14.6. The van der Waals surface area contributed by atoms with Crippen LogP contribution in [0, 0.1) is 52.3 Å². The summed E-state index contributed by atoms with van der Waals surface area (Å²) in [5.74, 6) is 6.37. The minimum atomic E-state index is 0.508. The van der Waals surface area contributed by atoms with E-state index in [9.17, 15) is 0 Å². The quantitative estimate of drug-likeness (QED) is 0.364. The Morgan fingerprint density at radius 3 is 2.43 bits per heavy atom. The van der Waals surface area contributed by atoms with Crippen LogP contribution in [0.2, 0.25) is 0 Å². The van der Waals surface area contributed by atoms with Crippen LogP contribution in [0.5, 0.6) is 0 Å². The molecule has 0 saturated heterocycles. The van der Waals surface area contributed by atoms with Gasteiger partial charge in [-0.15, -0.1) is 0 Å². The van der Waals surface area contributed by atoms with E-state index in [1.807, 2.05) is 5.57 Å². The maximum Gasteiger partial charge on any atom is -0.0113 e. The molecular formula is C30H54. The first-order valence-corrected chi connectivity index (χ1v) is 13.8. The van der Waals surface area contributed by atoms with Crippen molar-refractivity contribution in [1.29, 1.82) is 0 Å². The molecule has 3 rings (SSSR count). The van der Waals surface area contributed by atoms with Gasteiger partial charge in [-0.25, -0.2) is 0 Å². The Morgan fingerprint density at radius 1 is 1.03 bits per heavy atom. The highest BCUT2D eigenvalue weighted by molar-refractivity contribution is 5.20. The summed E-state index contributed by atoms with van der Waals surface area (Å²) in [6, 6.07) is 0. The van der Waals surface area contributed by atoms with E-state index in [4.69, 9.17) is 0 Å². The van der Waals surface area contributed by atoms with Crippen molar-refractivity contribution in [3.8, 4) is 0 Å². The Kier molecular flexibility index (Phi) is 7.89. The molecule has 2 fully saturated rings. The molecule has 7 atom stereocenters. The molecule has 0 N–H and O–H groups in total. The molecular weight excluding hydrogens is 360 g/mol. The van der Waals surface area contributed by atoms with Gasteiger partial charge in [0.1, 0.15) is 0 Å². The van der Waals surface area contributed by atoms with E-state index < -0.39 is 0 Å². The number of fused-ring (bicyclic) bond motifs is 1. The molecule has 30 heavy (non-hydrogen) atoms. The van der Waals surface area contributed by atoms with E-state index in [1.165, 1.54) is 70.6 Å². The summed E-state index contributed by atoms with van der Waals surface area (Å²) in [6.45, 7) is 20.3. The SMILES string of the molecule is CCC1CC2(C)CCC(C)CC2=CCC1C1CCC(C(C)CCCC(C)C)C1(C)C. The van der Waals surface area contributed by atoms with E-state index >= 15 is 0 Å². The van der Waals surface area contributed by atoms with Gasteiger partial charge < -0.3 is 0 Å². The number of allylic oxidation sites excluding steroid dienone is 2. The molecule has 2 saturated carbocycles. The zero-order chi connectivity index (χ0) is 22.1. The van der Waals surface area contributed by atoms with Gasteiger partial charge in [0, 0.05) is 0 Å². The van der Waals surface area contributed by atoms with Crippen molar-refractivity contribution in [2.24, 2.45) is 52.3 Å². The summed E-state index contributed by atoms with van der Waals surface area (Å²) in [7, 11) is 0. The summed E-state index contributed by atoms with van der Waals surface area (Å²) in [6.07, 6.45) is 18.5. The van der Waals surface area contributed by atoms with Crippen molar-refractivity contribution in [3.63, 3.8) is 0 Å². The van der Waals surface area contributed by atoms with Gasteiger partial charge in [0.15, 0.2) is 0 Å². The zero-order valence-electron chi connectivity index (χ0n) is 21.9. The maximum absolute atomic E-state index is 2.77. The molecule has 0 nitrogen and oxygen atoms in total. The summed E-state index contributed by atoms with van der Waals surface area (Å²) >= 11 is 0. The van der Waals surface area contributed by atoms with Crippen LogP contribution in [-0.4, -0.2) is 0 Å². The van der Waals surface area contributed by atoms with Gasteiger partial charge in [-0.05, 0) is 97.2 Å². The normalized spacial score (nSPS) is 40.0. The van der Waals surface area contributed by atoms with Gasteiger partial charge in [0.2, 0.25) is 0 Å². The summed E-state index contributed by atoms with van der Waals surface area (Å²) < 4.78 is 0. The van der Waals surface area contributed by atoms with Crippen LogP contribution in [0.15, 0.2) is 11.6 Å². The summed E-state index contributed by atoms with van der Waals surface area (Å²) in [5.41, 5.74) is 2.86. The number of rotatable bonds is 7. The first-order chi connectivity index (χ1) is 14.1. The lowest BCUT2D eigenvalue weighted by Gasteiger charge is -2.44. The predicted molar refractivity (Wildman–Crippen MR) is 134 cm³/mol. The maximum atomic E-state index is 2.77. The van der Waals surface area contributed by atoms with Crippen molar-refractivity contribution in [3.05, 3.63) is 11.6 Å². The van der Waals surface area contributed by atoms with Crippen molar-refractivity contribution >= 4 is 0 Å². The highest BCUT2D eigenvalue weighted by Crippen LogP contribution is 2.59. The largest absolute Gasteiger partial charge is 0.0845 e. The lowest BCUT2D eigenvalue weighted by atomic mass is 9.61. The molecule has 174 valence electrons. The van der Waals surface area contributed by atoms with E-state index in [0.717, 1.165) is 41.4 Å². The fraction of sp³-hybridized carbons (Fsp3) is 0.933. The monoisotopic (exact) mass is 414 g/mol. The summed E-state index contributed by atoms with van der Waals surface area (Å²) in [5, 5.41) is 0.